The van der Waals surface area contributed by atoms with Gasteiger partial charge in [0.05, 0.1) is 5.41 Å². The van der Waals surface area contributed by atoms with Crippen LogP contribution in [0, 0.1) is 11.3 Å². The van der Waals surface area contributed by atoms with Gasteiger partial charge < -0.3 is 4.90 Å². The number of piperidine rings is 2. The molecule has 42 valence electrons. The molecule has 8 heavy (non-hydrogen) atoms. The van der Waals surface area contributed by atoms with Crippen molar-refractivity contribution in [3.63, 3.8) is 0 Å². The molecule has 3 heterocycles. The summed E-state index contributed by atoms with van der Waals surface area (Å²) < 4.78 is 0. The fraction of sp³-hybridized carbons (Fsp3) is 0.833. The Morgan fingerprint density at radius 3 is 2.75 bits per heavy atom. The van der Waals surface area contributed by atoms with Crippen LogP contribution < -0.4 is 0 Å². The van der Waals surface area contributed by atoms with Crippen molar-refractivity contribution in [3.8, 4) is 0 Å². The van der Waals surface area contributed by atoms with Crippen molar-refractivity contribution in [2.75, 3.05) is 13.1 Å². The summed E-state index contributed by atoms with van der Waals surface area (Å²) in [6.07, 6.45) is 1.21. The van der Waals surface area contributed by atoms with Crippen LogP contribution >= 0.6 is 0 Å². The maximum absolute atomic E-state index is 10.9. The van der Waals surface area contributed by atoms with Gasteiger partial charge in [-0.25, -0.2) is 0 Å². The monoisotopic (exact) mass is 109 g/mol. The highest BCUT2D eigenvalue weighted by Crippen LogP contribution is 2.66. The van der Waals surface area contributed by atoms with Gasteiger partial charge in [-0.3, -0.25) is 4.79 Å². The molecule has 0 N–H and O–H groups in total. The van der Waals surface area contributed by atoms with Gasteiger partial charge >= 0.3 is 0 Å². The van der Waals surface area contributed by atoms with E-state index in [-0.39, 0.29) is 5.41 Å². The first kappa shape index (κ1) is 3.49. The molecule has 1 aliphatic carbocycles. The van der Waals surface area contributed by atoms with E-state index >= 15 is 0 Å². The minimum Gasteiger partial charge on any atom is -0.341 e. The Hall–Kier alpha value is -0.530. The summed E-state index contributed by atoms with van der Waals surface area (Å²) in [4.78, 5) is 12.9. The largest absolute Gasteiger partial charge is 0.341 e. The topological polar surface area (TPSA) is 20.3 Å². The number of hydrogen-bond acceptors (Lipinski definition) is 1. The zero-order valence-corrected chi connectivity index (χ0v) is 4.55. The fourth-order valence-corrected chi connectivity index (χ4v) is 2.19. The van der Waals surface area contributed by atoms with Gasteiger partial charge in [0.1, 0.15) is 0 Å². The predicted molar refractivity (Wildman–Crippen MR) is 27.1 cm³/mol. The van der Waals surface area contributed by atoms with E-state index in [1.54, 1.807) is 0 Å². The van der Waals surface area contributed by atoms with Crippen LogP contribution in [0.15, 0.2) is 0 Å². The molecule has 2 atom stereocenters. The van der Waals surface area contributed by atoms with Crippen molar-refractivity contribution in [3.05, 3.63) is 0 Å². The van der Waals surface area contributed by atoms with E-state index in [1.807, 2.05) is 4.90 Å². The van der Waals surface area contributed by atoms with Gasteiger partial charge in [-0.05, 0) is 12.3 Å². The van der Waals surface area contributed by atoms with E-state index in [9.17, 15) is 4.79 Å². The Bertz CT molecular complexity index is 187. The fourth-order valence-electron chi connectivity index (χ4n) is 2.19. The molecular weight excluding hydrogens is 102 g/mol. The second-order valence-corrected chi connectivity index (χ2v) is 3.24. The van der Waals surface area contributed by atoms with Crippen molar-refractivity contribution < 1.29 is 4.79 Å². The van der Waals surface area contributed by atoms with E-state index in [4.69, 9.17) is 0 Å². The molecule has 4 fully saturated rings. The number of nitrogens with zero attached hydrogens (tertiary/aromatic N) is 1. The smallest absolute Gasteiger partial charge is 0.230 e. The maximum atomic E-state index is 10.9. The molecule has 3 aliphatic heterocycles. The van der Waals surface area contributed by atoms with E-state index in [0.717, 1.165) is 19.0 Å². The summed E-state index contributed by atoms with van der Waals surface area (Å²) in [6, 6.07) is 0. The van der Waals surface area contributed by atoms with Crippen LogP contribution in [0.2, 0.25) is 0 Å². The Kier molecular flexibility index (Phi) is 0.276. The molecule has 4 aliphatic rings. The third-order valence-corrected chi connectivity index (χ3v) is 2.86. The Morgan fingerprint density at radius 2 is 2.62 bits per heavy atom. The van der Waals surface area contributed by atoms with E-state index in [2.05, 4.69) is 0 Å². The maximum Gasteiger partial charge on any atom is 0.230 e. The van der Waals surface area contributed by atoms with Gasteiger partial charge in [0, 0.05) is 13.1 Å². The number of hydrogen-bond donors (Lipinski definition) is 0. The van der Waals surface area contributed by atoms with E-state index < -0.39 is 0 Å². The van der Waals surface area contributed by atoms with Gasteiger partial charge in [-0.15, -0.1) is 0 Å². The van der Waals surface area contributed by atoms with Crippen LogP contribution in [-0.4, -0.2) is 23.9 Å². The molecule has 3 saturated heterocycles. The highest BCUT2D eigenvalue weighted by molar-refractivity contribution is 5.95. The molecular formula is C6H7NO. The zero-order valence-electron chi connectivity index (χ0n) is 4.55. The van der Waals surface area contributed by atoms with Gasteiger partial charge in [0.2, 0.25) is 5.91 Å². The second-order valence-electron chi connectivity index (χ2n) is 3.24. The van der Waals surface area contributed by atoms with Crippen LogP contribution in [-0.2, 0) is 4.79 Å². The van der Waals surface area contributed by atoms with E-state index in [0.29, 0.717) is 5.91 Å². The molecule has 1 amide bonds. The van der Waals surface area contributed by atoms with Crippen LogP contribution in [0.1, 0.15) is 6.42 Å². The quantitative estimate of drug-likeness (QED) is 0.396. The van der Waals surface area contributed by atoms with Crippen LogP contribution in [0.5, 0.6) is 0 Å². The van der Waals surface area contributed by atoms with Crippen molar-refractivity contribution in [1.82, 2.24) is 4.90 Å². The first-order valence-corrected chi connectivity index (χ1v) is 3.12. The standard InChI is InChI=1S/C6H7NO/c8-5-6-1-4(6)2-7(5)3-6/h4H,1-3H2/t4-,6-/m1/s1. The second kappa shape index (κ2) is 0.634. The number of rotatable bonds is 0. The third kappa shape index (κ3) is 0.145. The normalized spacial score (nSPS) is 55.8. The summed E-state index contributed by atoms with van der Waals surface area (Å²) in [6.45, 7) is 2.18. The molecule has 0 aromatic carbocycles. The minimum absolute atomic E-state index is 0.250. The van der Waals surface area contributed by atoms with Crippen LogP contribution in [0.25, 0.3) is 0 Å². The molecule has 0 unspecified atom stereocenters. The lowest BCUT2D eigenvalue weighted by atomic mass is 9.99. The number of β-lactam (4-membered cyclic amide) rings is 1. The molecule has 4 rings (SSSR count). The molecule has 2 nitrogen and oxygen atoms in total. The average Bonchev–Trinajstić information content (AvgIpc) is 2.33. The molecule has 2 bridgehead atoms. The van der Waals surface area contributed by atoms with Gasteiger partial charge in [0.25, 0.3) is 0 Å². The van der Waals surface area contributed by atoms with Crippen molar-refractivity contribution >= 4 is 5.91 Å². The first-order chi connectivity index (χ1) is 3.83. The summed E-state index contributed by atoms with van der Waals surface area (Å²) in [5.74, 6) is 1.23. The number of amides is 1. The summed E-state index contributed by atoms with van der Waals surface area (Å²) in [5, 5.41) is 0. The molecule has 2 heteroatoms. The number of carbonyl (C=O) groups excluding carboxylic acids is 1. The van der Waals surface area contributed by atoms with Gasteiger partial charge in [-0.1, -0.05) is 0 Å². The molecule has 0 radical (unpaired) electrons. The summed E-state index contributed by atoms with van der Waals surface area (Å²) in [5.41, 5.74) is 0.250. The lowest BCUT2D eigenvalue weighted by molar-refractivity contribution is -0.144. The highest BCUT2D eigenvalue weighted by Gasteiger charge is 2.74. The predicted octanol–water partition coefficient (Wildman–Crippen LogP) is -0.151. The highest BCUT2D eigenvalue weighted by atomic mass is 16.2. The van der Waals surface area contributed by atoms with Gasteiger partial charge in [0.15, 0.2) is 0 Å². The van der Waals surface area contributed by atoms with E-state index in [1.165, 1.54) is 6.42 Å². The summed E-state index contributed by atoms with van der Waals surface area (Å²) >= 11 is 0. The zero-order chi connectivity index (χ0) is 5.35. The van der Waals surface area contributed by atoms with Crippen LogP contribution in [0.3, 0.4) is 0 Å². The van der Waals surface area contributed by atoms with Gasteiger partial charge in [-0.2, -0.15) is 0 Å². The van der Waals surface area contributed by atoms with Crippen molar-refractivity contribution in [2.45, 2.75) is 6.42 Å². The minimum atomic E-state index is 0.250. The molecule has 0 aromatic rings. The SMILES string of the molecule is O=C1N2C[C@H]3C[C@]13C2. The van der Waals surface area contributed by atoms with Crippen molar-refractivity contribution in [2.24, 2.45) is 11.3 Å². The Labute approximate surface area is 47.5 Å². The lowest BCUT2D eigenvalue weighted by Gasteiger charge is -2.31. The third-order valence-electron chi connectivity index (χ3n) is 2.86. The lowest BCUT2D eigenvalue weighted by Crippen LogP contribution is -2.48. The molecule has 1 saturated carbocycles. The molecule has 1 spiro atoms. The number of carbonyl (C=O) groups is 1. The summed E-state index contributed by atoms with van der Waals surface area (Å²) in [7, 11) is 0. The Balaban J connectivity index is 2.20. The van der Waals surface area contributed by atoms with Crippen LogP contribution in [0.4, 0.5) is 0 Å². The average molecular weight is 109 g/mol. The molecule has 0 aromatic heterocycles. The Morgan fingerprint density at radius 1 is 1.75 bits per heavy atom. The van der Waals surface area contributed by atoms with Crippen molar-refractivity contribution in [1.29, 1.82) is 0 Å². The first-order valence-electron chi connectivity index (χ1n) is 3.12.